The van der Waals surface area contributed by atoms with E-state index in [1.807, 2.05) is 4.57 Å². The first-order chi connectivity index (χ1) is 9.20. The molecule has 5 heteroatoms. The number of ether oxygens (including phenoxy) is 1. The maximum absolute atomic E-state index is 13.8. The van der Waals surface area contributed by atoms with Crippen molar-refractivity contribution in [3.63, 3.8) is 0 Å². The zero-order chi connectivity index (χ0) is 13.4. The third-order valence-electron chi connectivity index (χ3n) is 3.27. The Labute approximate surface area is 109 Å². The Hall–Kier alpha value is -1.88. The van der Waals surface area contributed by atoms with Gasteiger partial charge in [-0.2, -0.15) is 0 Å². The molecule has 0 amide bonds. The lowest BCUT2D eigenvalue weighted by Gasteiger charge is -2.12. The van der Waals surface area contributed by atoms with Crippen molar-refractivity contribution in [3.05, 3.63) is 40.4 Å². The predicted octanol–water partition coefficient (Wildman–Crippen LogP) is 1.85. The van der Waals surface area contributed by atoms with Crippen molar-refractivity contribution in [1.82, 2.24) is 4.57 Å². The molecular weight excluding hydrogens is 249 g/mol. The number of fused-ring (bicyclic) bond motifs is 1. The van der Waals surface area contributed by atoms with Crippen LogP contribution in [0.3, 0.4) is 0 Å². The molecule has 0 aliphatic heterocycles. The Morgan fingerprint density at radius 3 is 2.89 bits per heavy atom. The monoisotopic (exact) mass is 263 g/mol. The lowest BCUT2D eigenvalue weighted by Crippen LogP contribution is -2.09. The van der Waals surface area contributed by atoms with Gasteiger partial charge in [0.25, 0.3) is 0 Å². The molecule has 0 radical (unpaired) electrons. The van der Waals surface area contributed by atoms with Gasteiger partial charge in [0.15, 0.2) is 17.0 Å². The molecule has 0 saturated heterocycles. The molecule has 1 N–H and O–H groups in total. The summed E-state index contributed by atoms with van der Waals surface area (Å²) in [5, 5.41) is 9.09. The van der Waals surface area contributed by atoms with Gasteiger partial charge in [0.2, 0.25) is 0 Å². The van der Waals surface area contributed by atoms with Crippen LogP contribution in [0.15, 0.2) is 29.2 Å². The molecule has 1 fully saturated rings. The highest BCUT2D eigenvalue weighted by Crippen LogP contribution is 2.37. The summed E-state index contributed by atoms with van der Waals surface area (Å²) >= 11 is 0. The Kier molecular flexibility index (Phi) is 2.98. The van der Waals surface area contributed by atoms with Gasteiger partial charge in [0, 0.05) is 29.8 Å². The number of aromatic nitrogens is 1. The topological polar surface area (TPSA) is 51.5 Å². The minimum absolute atomic E-state index is 0.0307. The molecular formula is C14H14FNO3. The summed E-state index contributed by atoms with van der Waals surface area (Å²) < 4.78 is 21.0. The smallest absolute Gasteiger partial charge is 0.189 e. The van der Waals surface area contributed by atoms with E-state index in [0.717, 1.165) is 12.8 Å². The second-order valence-corrected chi connectivity index (χ2v) is 4.69. The van der Waals surface area contributed by atoms with Gasteiger partial charge < -0.3 is 14.4 Å². The van der Waals surface area contributed by atoms with Crippen LogP contribution >= 0.6 is 0 Å². The van der Waals surface area contributed by atoms with Crippen LogP contribution in [0.1, 0.15) is 18.9 Å². The first-order valence-electron chi connectivity index (χ1n) is 6.29. The van der Waals surface area contributed by atoms with Gasteiger partial charge >= 0.3 is 0 Å². The summed E-state index contributed by atoms with van der Waals surface area (Å²) in [4.78, 5) is 11.8. The number of nitrogens with zero attached hydrogens (tertiary/aromatic N) is 1. The molecule has 2 aromatic rings. The number of rotatable bonds is 4. The van der Waals surface area contributed by atoms with Gasteiger partial charge in [-0.3, -0.25) is 4.79 Å². The fourth-order valence-electron chi connectivity index (χ4n) is 2.21. The Morgan fingerprint density at radius 1 is 1.42 bits per heavy atom. The van der Waals surface area contributed by atoms with Crippen LogP contribution < -0.4 is 10.2 Å². The second-order valence-electron chi connectivity index (χ2n) is 4.69. The van der Waals surface area contributed by atoms with Gasteiger partial charge in [-0.1, -0.05) is 0 Å². The average molecular weight is 263 g/mol. The maximum atomic E-state index is 13.8. The number of hydrogen-bond donors (Lipinski definition) is 1. The van der Waals surface area contributed by atoms with Crippen molar-refractivity contribution in [2.75, 3.05) is 13.2 Å². The predicted molar refractivity (Wildman–Crippen MR) is 69.0 cm³/mol. The lowest BCUT2D eigenvalue weighted by molar-refractivity contribution is 0.196. The molecule has 1 heterocycles. The first kappa shape index (κ1) is 12.2. The highest BCUT2D eigenvalue weighted by atomic mass is 19.1. The molecule has 1 saturated carbocycles. The molecule has 4 nitrogen and oxygen atoms in total. The zero-order valence-electron chi connectivity index (χ0n) is 10.3. The minimum atomic E-state index is -0.577. The van der Waals surface area contributed by atoms with E-state index in [1.54, 1.807) is 12.3 Å². The number of hydrogen-bond acceptors (Lipinski definition) is 3. The molecule has 0 bridgehead atoms. The maximum Gasteiger partial charge on any atom is 0.189 e. The molecule has 1 aliphatic rings. The summed E-state index contributed by atoms with van der Waals surface area (Å²) in [7, 11) is 0. The van der Waals surface area contributed by atoms with Crippen LogP contribution in [-0.4, -0.2) is 22.9 Å². The molecule has 3 rings (SSSR count). The molecule has 1 aromatic carbocycles. The van der Waals surface area contributed by atoms with E-state index in [-0.39, 0.29) is 24.4 Å². The number of pyridine rings is 1. The van der Waals surface area contributed by atoms with Crippen LogP contribution in [-0.2, 0) is 0 Å². The molecule has 1 aromatic heterocycles. The SMILES string of the molecule is O=c1ccn(C2CC2)c2cc(OCCO)c(F)cc12. The second kappa shape index (κ2) is 4.66. The largest absolute Gasteiger partial charge is 0.488 e. The van der Waals surface area contributed by atoms with Gasteiger partial charge in [-0.05, 0) is 18.9 Å². The Morgan fingerprint density at radius 2 is 2.21 bits per heavy atom. The number of aliphatic hydroxyl groups excluding tert-OH is 1. The Balaban J connectivity index is 2.18. The fraction of sp³-hybridized carbons (Fsp3) is 0.357. The average Bonchev–Trinajstić information content (AvgIpc) is 3.22. The summed E-state index contributed by atoms with van der Waals surface area (Å²) in [5.41, 5.74) is 0.490. The number of benzene rings is 1. The van der Waals surface area contributed by atoms with E-state index in [2.05, 4.69) is 0 Å². The van der Waals surface area contributed by atoms with E-state index in [4.69, 9.17) is 9.84 Å². The molecule has 0 spiro atoms. The summed E-state index contributed by atoms with van der Waals surface area (Å²) in [6, 6.07) is 4.61. The van der Waals surface area contributed by atoms with E-state index in [9.17, 15) is 9.18 Å². The summed E-state index contributed by atoms with van der Waals surface area (Å²) in [6.45, 7) is -0.148. The molecule has 0 atom stereocenters. The summed E-state index contributed by atoms with van der Waals surface area (Å²) in [6.07, 6.45) is 3.89. The first-order valence-corrected chi connectivity index (χ1v) is 6.29. The molecule has 1 aliphatic carbocycles. The van der Waals surface area contributed by atoms with Crippen molar-refractivity contribution in [3.8, 4) is 5.75 Å². The quantitative estimate of drug-likeness (QED) is 0.915. The van der Waals surface area contributed by atoms with Crippen LogP contribution in [0.2, 0.25) is 0 Å². The van der Waals surface area contributed by atoms with Crippen molar-refractivity contribution < 1.29 is 14.2 Å². The third-order valence-corrected chi connectivity index (χ3v) is 3.27. The summed E-state index contributed by atoms with van der Waals surface area (Å²) in [5.74, 6) is -0.506. The number of aliphatic hydroxyl groups is 1. The molecule has 0 unspecified atom stereocenters. The van der Waals surface area contributed by atoms with E-state index < -0.39 is 5.82 Å². The zero-order valence-corrected chi connectivity index (χ0v) is 10.3. The van der Waals surface area contributed by atoms with Gasteiger partial charge in [-0.25, -0.2) is 4.39 Å². The standard InChI is InChI=1S/C14H14FNO3/c15-11-7-10-12(8-14(11)19-6-5-17)16(9-1-2-9)4-3-13(10)18/h3-4,7-9,17H,1-2,5-6H2. The van der Waals surface area contributed by atoms with E-state index in [1.165, 1.54) is 12.1 Å². The van der Waals surface area contributed by atoms with E-state index >= 15 is 0 Å². The number of halogens is 1. The molecule has 100 valence electrons. The van der Waals surface area contributed by atoms with Crippen LogP contribution in [0.25, 0.3) is 10.9 Å². The third kappa shape index (κ3) is 2.21. The highest BCUT2D eigenvalue weighted by Gasteiger charge is 2.24. The highest BCUT2D eigenvalue weighted by molar-refractivity contribution is 5.80. The van der Waals surface area contributed by atoms with Gasteiger partial charge in [0.05, 0.1) is 12.1 Å². The van der Waals surface area contributed by atoms with Gasteiger partial charge in [0.1, 0.15) is 6.61 Å². The van der Waals surface area contributed by atoms with E-state index in [0.29, 0.717) is 16.9 Å². The van der Waals surface area contributed by atoms with Crippen molar-refractivity contribution in [2.45, 2.75) is 18.9 Å². The van der Waals surface area contributed by atoms with Crippen molar-refractivity contribution in [1.29, 1.82) is 0 Å². The van der Waals surface area contributed by atoms with Crippen LogP contribution in [0.5, 0.6) is 5.75 Å². The minimum Gasteiger partial charge on any atom is -0.488 e. The Bertz CT molecular complexity index is 676. The lowest BCUT2D eigenvalue weighted by atomic mass is 10.2. The fourth-order valence-corrected chi connectivity index (χ4v) is 2.21. The van der Waals surface area contributed by atoms with Crippen LogP contribution in [0.4, 0.5) is 4.39 Å². The van der Waals surface area contributed by atoms with Gasteiger partial charge in [-0.15, -0.1) is 0 Å². The van der Waals surface area contributed by atoms with Crippen LogP contribution in [0, 0.1) is 5.82 Å². The normalized spacial score (nSPS) is 14.8. The molecule has 19 heavy (non-hydrogen) atoms. The van der Waals surface area contributed by atoms with Crippen molar-refractivity contribution >= 4 is 10.9 Å². The van der Waals surface area contributed by atoms with Crippen molar-refractivity contribution in [2.24, 2.45) is 0 Å².